The summed E-state index contributed by atoms with van der Waals surface area (Å²) in [6.45, 7) is 2.72. The number of amides is 1. The van der Waals surface area contributed by atoms with Gasteiger partial charge in [-0.25, -0.2) is 0 Å². The summed E-state index contributed by atoms with van der Waals surface area (Å²) in [5.41, 5.74) is 1.24. The quantitative estimate of drug-likeness (QED) is 0.823. The molecule has 1 saturated heterocycles. The molecule has 1 amide bonds. The Bertz CT molecular complexity index is 589. The van der Waals surface area contributed by atoms with Crippen molar-refractivity contribution in [3.05, 3.63) is 48.3 Å². The van der Waals surface area contributed by atoms with E-state index >= 15 is 0 Å². The van der Waals surface area contributed by atoms with Crippen molar-refractivity contribution in [2.75, 3.05) is 13.1 Å². The van der Waals surface area contributed by atoms with Crippen LogP contribution in [0.1, 0.15) is 31.2 Å². The molecule has 23 heavy (non-hydrogen) atoms. The standard InChI is InChI=1S/C18H24N4O/c23-18(7-6-16-4-2-1-3-5-16)21-12-8-17(9-13-21)10-14-22-15-11-19-20-22/h1-5,11,15,17H,6-10,12-14H2. The van der Waals surface area contributed by atoms with Crippen LogP contribution in [-0.2, 0) is 17.8 Å². The summed E-state index contributed by atoms with van der Waals surface area (Å²) in [6.07, 6.45) is 8.41. The Labute approximate surface area is 137 Å². The number of carbonyl (C=O) groups excluding carboxylic acids is 1. The monoisotopic (exact) mass is 312 g/mol. The Morgan fingerprint density at radius 3 is 2.65 bits per heavy atom. The molecule has 0 aliphatic carbocycles. The van der Waals surface area contributed by atoms with E-state index in [1.54, 1.807) is 6.20 Å². The summed E-state index contributed by atoms with van der Waals surface area (Å²) < 4.78 is 1.89. The van der Waals surface area contributed by atoms with E-state index in [-0.39, 0.29) is 0 Å². The smallest absolute Gasteiger partial charge is 0.222 e. The molecule has 0 atom stereocenters. The number of aromatic nitrogens is 3. The number of rotatable bonds is 6. The third-order valence-electron chi connectivity index (χ3n) is 4.68. The van der Waals surface area contributed by atoms with Crippen molar-refractivity contribution in [2.45, 2.75) is 38.6 Å². The highest BCUT2D eigenvalue weighted by molar-refractivity contribution is 5.76. The van der Waals surface area contributed by atoms with E-state index in [2.05, 4.69) is 22.4 Å². The zero-order valence-corrected chi connectivity index (χ0v) is 13.5. The maximum absolute atomic E-state index is 12.3. The Balaban J connectivity index is 1.37. The van der Waals surface area contributed by atoms with Gasteiger partial charge in [-0.2, -0.15) is 0 Å². The molecule has 1 aliphatic heterocycles. The Morgan fingerprint density at radius 2 is 1.96 bits per heavy atom. The fraction of sp³-hybridized carbons (Fsp3) is 0.500. The summed E-state index contributed by atoms with van der Waals surface area (Å²) >= 11 is 0. The van der Waals surface area contributed by atoms with Crippen LogP contribution >= 0.6 is 0 Å². The molecule has 2 heterocycles. The number of piperidine rings is 1. The number of hydrogen-bond acceptors (Lipinski definition) is 3. The van der Waals surface area contributed by atoms with Crippen molar-refractivity contribution in [3.63, 3.8) is 0 Å². The van der Waals surface area contributed by atoms with Gasteiger partial charge in [-0.05, 0) is 37.2 Å². The highest BCUT2D eigenvalue weighted by Gasteiger charge is 2.22. The summed E-state index contributed by atoms with van der Waals surface area (Å²) in [6, 6.07) is 10.2. The predicted octanol–water partition coefficient (Wildman–Crippen LogP) is 2.54. The van der Waals surface area contributed by atoms with E-state index in [1.165, 1.54) is 5.56 Å². The lowest BCUT2D eigenvalue weighted by atomic mass is 9.93. The van der Waals surface area contributed by atoms with Crippen molar-refractivity contribution in [1.82, 2.24) is 19.9 Å². The van der Waals surface area contributed by atoms with Crippen LogP contribution in [-0.4, -0.2) is 38.9 Å². The molecular weight excluding hydrogens is 288 g/mol. The summed E-state index contributed by atoms with van der Waals surface area (Å²) in [7, 11) is 0. The maximum Gasteiger partial charge on any atom is 0.222 e. The lowest BCUT2D eigenvalue weighted by Crippen LogP contribution is -2.38. The Morgan fingerprint density at radius 1 is 1.17 bits per heavy atom. The summed E-state index contributed by atoms with van der Waals surface area (Å²) in [4.78, 5) is 14.4. The Kier molecular flexibility index (Phi) is 5.40. The fourth-order valence-electron chi connectivity index (χ4n) is 3.19. The van der Waals surface area contributed by atoms with Gasteiger partial charge in [0.1, 0.15) is 0 Å². The lowest BCUT2D eigenvalue weighted by molar-refractivity contribution is -0.132. The summed E-state index contributed by atoms with van der Waals surface area (Å²) in [5, 5.41) is 7.83. The van der Waals surface area contributed by atoms with Crippen LogP contribution in [0.2, 0.25) is 0 Å². The van der Waals surface area contributed by atoms with Crippen LogP contribution < -0.4 is 0 Å². The van der Waals surface area contributed by atoms with Gasteiger partial charge in [-0.15, -0.1) is 5.10 Å². The highest BCUT2D eigenvalue weighted by Crippen LogP contribution is 2.21. The van der Waals surface area contributed by atoms with Gasteiger partial charge in [0, 0.05) is 32.3 Å². The van der Waals surface area contributed by atoms with E-state index in [1.807, 2.05) is 34.0 Å². The van der Waals surface area contributed by atoms with Crippen molar-refractivity contribution in [1.29, 1.82) is 0 Å². The van der Waals surface area contributed by atoms with Crippen LogP contribution in [0.5, 0.6) is 0 Å². The van der Waals surface area contributed by atoms with Gasteiger partial charge in [0.15, 0.2) is 0 Å². The first-order chi connectivity index (χ1) is 11.3. The molecule has 1 aromatic carbocycles. The molecule has 0 radical (unpaired) electrons. The second kappa shape index (κ2) is 7.90. The topological polar surface area (TPSA) is 51.0 Å². The van der Waals surface area contributed by atoms with E-state index < -0.39 is 0 Å². The van der Waals surface area contributed by atoms with E-state index in [4.69, 9.17) is 0 Å². The van der Waals surface area contributed by atoms with Crippen molar-refractivity contribution < 1.29 is 4.79 Å². The number of nitrogens with zero attached hydrogens (tertiary/aromatic N) is 4. The number of aryl methyl sites for hydroxylation is 2. The van der Waals surface area contributed by atoms with E-state index in [0.29, 0.717) is 18.2 Å². The average molecular weight is 312 g/mol. The zero-order valence-electron chi connectivity index (χ0n) is 13.5. The lowest BCUT2D eigenvalue weighted by Gasteiger charge is -2.32. The molecule has 0 spiro atoms. The second-order valence-electron chi connectivity index (χ2n) is 6.26. The molecule has 5 heteroatoms. The van der Waals surface area contributed by atoms with Gasteiger partial charge in [0.2, 0.25) is 5.91 Å². The first kappa shape index (κ1) is 15.7. The van der Waals surface area contributed by atoms with Gasteiger partial charge in [0.25, 0.3) is 0 Å². The van der Waals surface area contributed by atoms with Gasteiger partial charge in [0.05, 0.1) is 6.20 Å². The third kappa shape index (κ3) is 4.65. The molecule has 0 bridgehead atoms. The average Bonchev–Trinajstić information content (AvgIpc) is 3.13. The first-order valence-corrected chi connectivity index (χ1v) is 8.47. The van der Waals surface area contributed by atoms with Crippen molar-refractivity contribution in [3.8, 4) is 0 Å². The molecule has 122 valence electrons. The molecule has 0 saturated carbocycles. The van der Waals surface area contributed by atoms with Crippen molar-refractivity contribution in [2.24, 2.45) is 5.92 Å². The molecule has 0 unspecified atom stereocenters. The second-order valence-corrected chi connectivity index (χ2v) is 6.26. The van der Waals surface area contributed by atoms with Gasteiger partial charge < -0.3 is 4.90 Å². The molecule has 5 nitrogen and oxygen atoms in total. The first-order valence-electron chi connectivity index (χ1n) is 8.47. The molecule has 1 fully saturated rings. The van der Waals surface area contributed by atoms with Gasteiger partial charge in [-0.1, -0.05) is 35.5 Å². The maximum atomic E-state index is 12.3. The Hall–Kier alpha value is -2.17. The van der Waals surface area contributed by atoms with Crippen LogP contribution in [0.4, 0.5) is 0 Å². The number of benzene rings is 1. The van der Waals surface area contributed by atoms with E-state index in [0.717, 1.165) is 45.3 Å². The van der Waals surface area contributed by atoms with Crippen LogP contribution in [0.25, 0.3) is 0 Å². The minimum Gasteiger partial charge on any atom is -0.343 e. The molecule has 3 rings (SSSR count). The molecule has 2 aromatic rings. The summed E-state index contributed by atoms with van der Waals surface area (Å²) in [5.74, 6) is 0.987. The van der Waals surface area contributed by atoms with Crippen LogP contribution in [0.15, 0.2) is 42.7 Å². The van der Waals surface area contributed by atoms with Gasteiger partial charge >= 0.3 is 0 Å². The largest absolute Gasteiger partial charge is 0.343 e. The molecular formula is C18H24N4O. The fourth-order valence-corrected chi connectivity index (χ4v) is 3.19. The van der Waals surface area contributed by atoms with Crippen LogP contribution in [0.3, 0.4) is 0 Å². The highest BCUT2D eigenvalue weighted by atomic mass is 16.2. The van der Waals surface area contributed by atoms with Gasteiger partial charge in [-0.3, -0.25) is 9.48 Å². The molecule has 1 aromatic heterocycles. The number of carbonyl (C=O) groups is 1. The predicted molar refractivity (Wildman–Crippen MR) is 88.7 cm³/mol. The van der Waals surface area contributed by atoms with Crippen molar-refractivity contribution >= 4 is 5.91 Å². The SMILES string of the molecule is O=C(CCc1ccccc1)N1CCC(CCn2ccnn2)CC1. The number of likely N-dealkylation sites (tertiary alicyclic amines) is 1. The zero-order chi connectivity index (χ0) is 15.9. The molecule has 1 aliphatic rings. The minimum absolute atomic E-state index is 0.295. The third-order valence-corrected chi connectivity index (χ3v) is 4.68. The van der Waals surface area contributed by atoms with Crippen LogP contribution in [0, 0.1) is 5.92 Å². The van der Waals surface area contributed by atoms with E-state index in [9.17, 15) is 4.79 Å². The normalized spacial score (nSPS) is 15.7. The number of hydrogen-bond donors (Lipinski definition) is 0. The minimum atomic E-state index is 0.295. The molecule has 0 N–H and O–H groups in total.